The van der Waals surface area contributed by atoms with Gasteiger partial charge in [-0.25, -0.2) is 9.40 Å². The van der Waals surface area contributed by atoms with Crippen molar-refractivity contribution < 1.29 is 22.3 Å². The van der Waals surface area contributed by atoms with E-state index in [0.717, 1.165) is 56.1 Å². The fraction of sp³-hybridized carbons (Fsp3) is 0.320. The number of likely N-dealkylation sites (tertiary alicyclic amines) is 1. The van der Waals surface area contributed by atoms with E-state index in [1.165, 1.54) is 29.7 Å². The zero-order valence-corrected chi connectivity index (χ0v) is 18.8. The van der Waals surface area contributed by atoms with Crippen LogP contribution in [0.25, 0.3) is 16.8 Å². The van der Waals surface area contributed by atoms with Crippen molar-refractivity contribution in [2.75, 3.05) is 31.6 Å². The van der Waals surface area contributed by atoms with E-state index < -0.39 is 17.9 Å². The number of hydrogen-bond acceptors (Lipinski definition) is 5. The number of ether oxygens (including phenoxy) is 1. The van der Waals surface area contributed by atoms with Gasteiger partial charge < -0.3 is 15.1 Å². The van der Waals surface area contributed by atoms with Crippen LogP contribution in [0.15, 0.2) is 59.5 Å². The highest BCUT2D eigenvalue weighted by atomic mass is 19.4. The van der Waals surface area contributed by atoms with Crippen LogP contribution in [0.1, 0.15) is 18.4 Å². The van der Waals surface area contributed by atoms with Crippen LogP contribution in [0.4, 0.5) is 23.2 Å². The summed E-state index contributed by atoms with van der Waals surface area (Å²) in [6.45, 7) is 4.94. The number of hydrogen-bond donors (Lipinski definition) is 1. The maximum atomic E-state index is 14.4. The van der Waals surface area contributed by atoms with Gasteiger partial charge in [0.2, 0.25) is 0 Å². The van der Waals surface area contributed by atoms with Gasteiger partial charge in [-0.1, -0.05) is 0 Å². The third-order valence-corrected chi connectivity index (χ3v) is 6.30. The molecule has 1 saturated heterocycles. The van der Waals surface area contributed by atoms with Gasteiger partial charge in [-0.15, -0.1) is 13.2 Å². The molecule has 0 bridgehead atoms. The standard InChI is InChI=1S/C25H24F4N4O2/c26-22-15-20(35-25(27,28)29)4-5-21(22)17-7-10-33(24(34)14-17)19-3-6-23-18(13-19)16-32(30-23)12-11-31-8-1-2-9-31/h3-7,10,13-15,30H,1-2,8-9,11-12,16H2. The molecule has 1 fully saturated rings. The Morgan fingerprint density at radius 2 is 1.77 bits per heavy atom. The van der Waals surface area contributed by atoms with Gasteiger partial charge >= 0.3 is 6.36 Å². The van der Waals surface area contributed by atoms with Crippen molar-refractivity contribution in [2.45, 2.75) is 25.7 Å². The fourth-order valence-electron chi connectivity index (χ4n) is 4.58. The first kappa shape index (κ1) is 23.4. The molecule has 0 saturated carbocycles. The van der Waals surface area contributed by atoms with Crippen molar-refractivity contribution >= 4 is 5.69 Å². The summed E-state index contributed by atoms with van der Waals surface area (Å²) in [5, 5.41) is 2.16. The number of aromatic nitrogens is 1. The SMILES string of the molecule is O=c1cc(-c2ccc(OC(F)(F)F)cc2F)ccn1-c1ccc2c(c1)CN(CCN1CCCC1)N2. The molecule has 1 N–H and O–H groups in total. The number of benzene rings is 2. The molecule has 10 heteroatoms. The van der Waals surface area contributed by atoms with E-state index in [-0.39, 0.29) is 16.7 Å². The first-order valence-electron chi connectivity index (χ1n) is 11.4. The van der Waals surface area contributed by atoms with Crippen molar-refractivity contribution in [3.8, 4) is 22.6 Å². The fourth-order valence-corrected chi connectivity index (χ4v) is 4.58. The smallest absolute Gasteiger partial charge is 0.406 e. The van der Waals surface area contributed by atoms with Crippen LogP contribution in [0, 0.1) is 5.82 Å². The van der Waals surface area contributed by atoms with E-state index in [1.807, 2.05) is 18.2 Å². The van der Waals surface area contributed by atoms with Gasteiger partial charge in [-0.05, 0) is 73.5 Å². The Labute approximate surface area is 199 Å². The molecular formula is C25H24F4N4O2. The molecular weight excluding hydrogens is 464 g/mol. The lowest BCUT2D eigenvalue weighted by atomic mass is 10.1. The van der Waals surface area contributed by atoms with Crippen LogP contribution in [-0.4, -0.2) is 47.0 Å². The molecule has 6 nitrogen and oxygen atoms in total. The van der Waals surface area contributed by atoms with Crippen LogP contribution >= 0.6 is 0 Å². The minimum absolute atomic E-state index is 0.00979. The third-order valence-electron chi connectivity index (χ3n) is 6.30. The predicted molar refractivity (Wildman–Crippen MR) is 124 cm³/mol. The molecule has 0 unspecified atom stereocenters. The lowest BCUT2D eigenvalue weighted by molar-refractivity contribution is -0.274. The topological polar surface area (TPSA) is 49.7 Å². The Kier molecular flexibility index (Phi) is 6.24. The van der Waals surface area contributed by atoms with Crippen LogP contribution < -0.4 is 15.7 Å². The molecule has 0 atom stereocenters. The lowest BCUT2D eigenvalue weighted by Crippen LogP contribution is -2.33. The second kappa shape index (κ2) is 9.35. The Bertz CT molecular complexity index is 1290. The number of hydrazine groups is 1. The van der Waals surface area contributed by atoms with Gasteiger partial charge in [-0.3, -0.25) is 9.36 Å². The molecule has 2 aliphatic heterocycles. The lowest BCUT2D eigenvalue weighted by Gasteiger charge is -2.20. The predicted octanol–water partition coefficient (Wildman–Crippen LogP) is 4.78. The highest BCUT2D eigenvalue weighted by Gasteiger charge is 2.31. The minimum atomic E-state index is -4.91. The molecule has 184 valence electrons. The van der Waals surface area contributed by atoms with Gasteiger partial charge in [0, 0.05) is 49.2 Å². The highest BCUT2D eigenvalue weighted by molar-refractivity contribution is 5.65. The molecule has 3 heterocycles. The maximum absolute atomic E-state index is 14.4. The second-order valence-corrected chi connectivity index (χ2v) is 8.74. The molecule has 2 aliphatic rings. The first-order chi connectivity index (χ1) is 16.7. The number of rotatable bonds is 6. The molecule has 3 aromatic rings. The normalized spacial score (nSPS) is 16.3. The van der Waals surface area contributed by atoms with E-state index in [2.05, 4.69) is 20.1 Å². The summed E-state index contributed by atoms with van der Waals surface area (Å²) in [6.07, 6.45) is -0.860. The number of alkyl halides is 3. The van der Waals surface area contributed by atoms with Gasteiger partial charge in [0.15, 0.2) is 0 Å². The van der Waals surface area contributed by atoms with Crippen LogP contribution in [0.3, 0.4) is 0 Å². The number of fused-ring (bicyclic) bond motifs is 1. The molecule has 0 radical (unpaired) electrons. The Morgan fingerprint density at radius 3 is 2.49 bits per heavy atom. The molecule has 0 spiro atoms. The summed E-state index contributed by atoms with van der Waals surface area (Å²) < 4.78 is 56.7. The largest absolute Gasteiger partial charge is 0.573 e. The number of nitrogens with zero attached hydrogens (tertiary/aromatic N) is 3. The summed E-state index contributed by atoms with van der Waals surface area (Å²) in [7, 11) is 0. The zero-order chi connectivity index (χ0) is 24.6. The Morgan fingerprint density at radius 1 is 0.971 bits per heavy atom. The minimum Gasteiger partial charge on any atom is -0.406 e. The van der Waals surface area contributed by atoms with E-state index in [0.29, 0.717) is 11.8 Å². The summed E-state index contributed by atoms with van der Waals surface area (Å²) in [4.78, 5) is 15.3. The summed E-state index contributed by atoms with van der Waals surface area (Å²) >= 11 is 0. The zero-order valence-electron chi connectivity index (χ0n) is 18.8. The molecule has 1 aromatic heterocycles. The van der Waals surface area contributed by atoms with E-state index >= 15 is 0 Å². The average Bonchev–Trinajstić information content (AvgIpc) is 3.45. The van der Waals surface area contributed by atoms with Gasteiger partial charge in [0.1, 0.15) is 11.6 Å². The quantitative estimate of drug-likeness (QED) is 0.506. The van der Waals surface area contributed by atoms with Gasteiger partial charge in [0.05, 0.1) is 5.69 Å². The van der Waals surface area contributed by atoms with Crippen molar-refractivity contribution in [3.63, 3.8) is 0 Å². The number of halogens is 4. The summed E-state index contributed by atoms with van der Waals surface area (Å²) in [5.74, 6) is -1.57. The highest BCUT2D eigenvalue weighted by Crippen LogP contribution is 2.30. The third kappa shape index (κ3) is 5.33. The van der Waals surface area contributed by atoms with Crippen LogP contribution in [0.2, 0.25) is 0 Å². The van der Waals surface area contributed by atoms with Gasteiger partial charge in [-0.2, -0.15) is 0 Å². The monoisotopic (exact) mass is 488 g/mol. The molecule has 0 aliphatic carbocycles. The number of pyridine rings is 1. The van der Waals surface area contributed by atoms with E-state index in [1.54, 1.807) is 6.07 Å². The Hall–Kier alpha value is -3.37. The van der Waals surface area contributed by atoms with Gasteiger partial charge in [0.25, 0.3) is 5.56 Å². The van der Waals surface area contributed by atoms with Crippen molar-refractivity contribution in [1.82, 2.24) is 14.5 Å². The molecule has 0 amide bonds. The molecule has 5 rings (SSSR count). The van der Waals surface area contributed by atoms with E-state index in [9.17, 15) is 22.4 Å². The Balaban J connectivity index is 1.31. The van der Waals surface area contributed by atoms with Crippen molar-refractivity contribution in [2.24, 2.45) is 0 Å². The van der Waals surface area contributed by atoms with Crippen LogP contribution in [0.5, 0.6) is 5.75 Å². The number of nitrogens with one attached hydrogen (secondary N) is 1. The van der Waals surface area contributed by atoms with Crippen molar-refractivity contribution in [1.29, 1.82) is 0 Å². The van der Waals surface area contributed by atoms with Crippen molar-refractivity contribution in [3.05, 3.63) is 76.5 Å². The number of anilines is 1. The molecule has 35 heavy (non-hydrogen) atoms. The summed E-state index contributed by atoms with van der Waals surface area (Å²) in [6, 6.07) is 11.4. The average molecular weight is 488 g/mol. The van der Waals surface area contributed by atoms with Crippen LogP contribution in [-0.2, 0) is 6.54 Å². The first-order valence-corrected chi connectivity index (χ1v) is 11.4. The molecule has 2 aromatic carbocycles. The maximum Gasteiger partial charge on any atom is 0.573 e. The summed E-state index contributed by atoms with van der Waals surface area (Å²) in [5.41, 5.74) is 6.05. The second-order valence-electron chi connectivity index (χ2n) is 8.74. The van der Waals surface area contributed by atoms with E-state index in [4.69, 9.17) is 0 Å².